The first kappa shape index (κ1) is 14.3. The van der Waals surface area contributed by atoms with Crippen LogP contribution in [-0.2, 0) is 4.79 Å². The number of hydrogen-bond acceptors (Lipinski definition) is 6. The molecule has 0 aliphatic carbocycles. The molecule has 116 valence electrons. The van der Waals surface area contributed by atoms with E-state index in [1.165, 1.54) is 0 Å². The number of carboxylic acid groups (broad SMARTS) is 1. The number of aliphatic carboxylic acids is 1. The second-order valence-electron chi connectivity index (χ2n) is 5.41. The van der Waals surface area contributed by atoms with Crippen molar-refractivity contribution in [1.82, 2.24) is 20.2 Å². The maximum absolute atomic E-state index is 11.2. The van der Waals surface area contributed by atoms with Crippen molar-refractivity contribution in [2.24, 2.45) is 5.92 Å². The highest BCUT2D eigenvalue weighted by Crippen LogP contribution is 2.23. The number of nitrogens with zero attached hydrogens (tertiary/aromatic N) is 4. The first-order valence-electron chi connectivity index (χ1n) is 7.21. The number of piperidine rings is 1. The van der Waals surface area contributed by atoms with Crippen LogP contribution < -0.4 is 10.2 Å². The summed E-state index contributed by atoms with van der Waals surface area (Å²) >= 11 is 0. The summed E-state index contributed by atoms with van der Waals surface area (Å²) in [5.74, 6) is 0.846. The average molecular weight is 302 g/mol. The molecule has 0 bridgehead atoms. The number of carbonyl (C=O) groups is 1. The topological polar surface area (TPSA) is 107 Å². The predicted molar refractivity (Wildman–Crippen MR) is 81.2 cm³/mol. The summed E-state index contributed by atoms with van der Waals surface area (Å²) in [5.41, 5.74) is 0.824. The van der Waals surface area contributed by atoms with E-state index in [0.29, 0.717) is 24.7 Å². The van der Waals surface area contributed by atoms with Crippen molar-refractivity contribution >= 4 is 23.6 Å². The smallest absolute Gasteiger partial charge is 0.308 e. The Morgan fingerprint density at radius 3 is 3.09 bits per heavy atom. The molecule has 2 aromatic rings. The highest BCUT2D eigenvalue weighted by molar-refractivity contribution is 5.71. The van der Waals surface area contributed by atoms with Crippen LogP contribution in [0, 0.1) is 12.8 Å². The largest absolute Gasteiger partial charge is 0.481 e. The van der Waals surface area contributed by atoms with Gasteiger partial charge in [0.25, 0.3) is 0 Å². The van der Waals surface area contributed by atoms with E-state index in [9.17, 15) is 9.90 Å². The molecule has 8 heteroatoms. The van der Waals surface area contributed by atoms with E-state index in [1.807, 2.05) is 17.9 Å². The summed E-state index contributed by atoms with van der Waals surface area (Å²) in [6, 6.07) is 3.64. The number of aromatic nitrogens is 4. The SMILES string of the molecule is Cc1cc(Nc2ccn[nH]2)nc(N2CCCC(C(=O)O)C2)n1. The van der Waals surface area contributed by atoms with Gasteiger partial charge in [-0.3, -0.25) is 9.89 Å². The van der Waals surface area contributed by atoms with Gasteiger partial charge in [0.2, 0.25) is 5.95 Å². The number of nitrogens with one attached hydrogen (secondary N) is 2. The minimum Gasteiger partial charge on any atom is -0.481 e. The number of rotatable bonds is 4. The third-order valence-corrected chi connectivity index (χ3v) is 3.66. The van der Waals surface area contributed by atoms with Crippen molar-refractivity contribution in [2.45, 2.75) is 19.8 Å². The fourth-order valence-corrected chi connectivity index (χ4v) is 2.58. The zero-order valence-electron chi connectivity index (χ0n) is 12.3. The van der Waals surface area contributed by atoms with Crippen LogP contribution in [0.2, 0.25) is 0 Å². The van der Waals surface area contributed by atoms with Gasteiger partial charge in [0.15, 0.2) is 0 Å². The Labute approximate surface area is 127 Å². The Morgan fingerprint density at radius 1 is 1.50 bits per heavy atom. The number of aromatic amines is 1. The third-order valence-electron chi connectivity index (χ3n) is 3.66. The minimum atomic E-state index is -0.756. The van der Waals surface area contributed by atoms with E-state index in [2.05, 4.69) is 25.5 Å². The number of hydrogen-bond donors (Lipinski definition) is 3. The van der Waals surface area contributed by atoms with Crippen molar-refractivity contribution in [3.63, 3.8) is 0 Å². The molecule has 0 amide bonds. The molecule has 0 saturated carbocycles. The highest BCUT2D eigenvalue weighted by atomic mass is 16.4. The van der Waals surface area contributed by atoms with Crippen LogP contribution in [0.15, 0.2) is 18.3 Å². The van der Waals surface area contributed by atoms with Gasteiger partial charge in [0.05, 0.1) is 12.1 Å². The monoisotopic (exact) mass is 302 g/mol. The third kappa shape index (κ3) is 3.16. The van der Waals surface area contributed by atoms with Crippen LogP contribution in [0.25, 0.3) is 0 Å². The van der Waals surface area contributed by atoms with Crippen molar-refractivity contribution in [2.75, 3.05) is 23.3 Å². The molecule has 3 heterocycles. The molecule has 1 aliphatic heterocycles. The number of carboxylic acids is 1. The van der Waals surface area contributed by atoms with Gasteiger partial charge in [-0.25, -0.2) is 4.98 Å². The first-order chi connectivity index (χ1) is 10.6. The summed E-state index contributed by atoms with van der Waals surface area (Å²) in [7, 11) is 0. The molecule has 2 aromatic heterocycles. The number of anilines is 3. The van der Waals surface area contributed by atoms with Gasteiger partial charge in [0.1, 0.15) is 11.6 Å². The second-order valence-corrected chi connectivity index (χ2v) is 5.41. The molecule has 0 spiro atoms. The van der Waals surface area contributed by atoms with Crippen LogP contribution in [0.5, 0.6) is 0 Å². The zero-order chi connectivity index (χ0) is 15.5. The fourth-order valence-electron chi connectivity index (χ4n) is 2.58. The molecule has 0 aromatic carbocycles. The van der Waals surface area contributed by atoms with Crippen LogP contribution >= 0.6 is 0 Å². The predicted octanol–water partition coefficient (Wildman–Crippen LogP) is 1.55. The maximum Gasteiger partial charge on any atom is 0.308 e. The van der Waals surface area contributed by atoms with Crippen LogP contribution in [0.3, 0.4) is 0 Å². The average Bonchev–Trinajstić information content (AvgIpc) is 2.99. The van der Waals surface area contributed by atoms with Gasteiger partial charge < -0.3 is 15.3 Å². The lowest BCUT2D eigenvalue weighted by Crippen LogP contribution is -2.39. The zero-order valence-corrected chi connectivity index (χ0v) is 12.3. The van der Waals surface area contributed by atoms with E-state index in [0.717, 1.165) is 24.5 Å². The van der Waals surface area contributed by atoms with Gasteiger partial charge in [0, 0.05) is 30.9 Å². The molecular formula is C14H18N6O2. The molecule has 1 atom stereocenters. The molecule has 22 heavy (non-hydrogen) atoms. The summed E-state index contributed by atoms with van der Waals surface area (Å²) in [6.07, 6.45) is 3.19. The lowest BCUT2D eigenvalue weighted by Gasteiger charge is -2.31. The highest BCUT2D eigenvalue weighted by Gasteiger charge is 2.27. The molecular weight excluding hydrogens is 284 g/mol. The van der Waals surface area contributed by atoms with Gasteiger partial charge in [-0.2, -0.15) is 10.1 Å². The Morgan fingerprint density at radius 2 is 2.36 bits per heavy atom. The van der Waals surface area contributed by atoms with Gasteiger partial charge in [-0.1, -0.05) is 0 Å². The van der Waals surface area contributed by atoms with E-state index < -0.39 is 5.97 Å². The van der Waals surface area contributed by atoms with E-state index in [1.54, 1.807) is 12.3 Å². The minimum absolute atomic E-state index is 0.359. The number of H-pyrrole nitrogens is 1. The normalized spacial score (nSPS) is 18.2. The quantitative estimate of drug-likeness (QED) is 0.786. The molecule has 3 rings (SSSR count). The Hall–Kier alpha value is -2.64. The summed E-state index contributed by atoms with van der Waals surface area (Å²) in [6.45, 7) is 3.11. The van der Waals surface area contributed by atoms with Crippen LogP contribution in [0.4, 0.5) is 17.6 Å². The maximum atomic E-state index is 11.2. The standard InChI is InChI=1S/C14H18N6O2/c1-9-7-12(17-11-4-5-15-19-11)18-14(16-9)20-6-2-3-10(8-20)13(21)22/h4-5,7,10H,2-3,6,8H2,1H3,(H,21,22)(H2,15,16,17,18,19). The van der Waals surface area contributed by atoms with E-state index in [-0.39, 0.29) is 5.92 Å². The van der Waals surface area contributed by atoms with E-state index in [4.69, 9.17) is 0 Å². The van der Waals surface area contributed by atoms with Gasteiger partial charge in [-0.15, -0.1) is 0 Å². The lowest BCUT2D eigenvalue weighted by atomic mass is 9.99. The second kappa shape index (κ2) is 6.00. The molecule has 8 nitrogen and oxygen atoms in total. The first-order valence-corrected chi connectivity index (χ1v) is 7.21. The molecule has 1 unspecified atom stereocenters. The van der Waals surface area contributed by atoms with Crippen LogP contribution in [-0.4, -0.2) is 44.3 Å². The molecule has 1 fully saturated rings. The molecule has 0 radical (unpaired) electrons. The lowest BCUT2D eigenvalue weighted by molar-refractivity contribution is -0.141. The Balaban J connectivity index is 1.81. The van der Waals surface area contributed by atoms with Crippen molar-refractivity contribution in [3.05, 3.63) is 24.0 Å². The van der Waals surface area contributed by atoms with Crippen molar-refractivity contribution in [1.29, 1.82) is 0 Å². The molecule has 3 N–H and O–H groups in total. The van der Waals surface area contributed by atoms with Crippen molar-refractivity contribution in [3.8, 4) is 0 Å². The van der Waals surface area contributed by atoms with Gasteiger partial charge >= 0.3 is 5.97 Å². The fraction of sp³-hybridized carbons (Fsp3) is 0.429. The summed E-state index contributed by atoms with van der Waals surface area (Å²) < 4.78 is 0. The van der Waals surface area contributed by atoms with Crippen LogP contribution in [0.1, 0.15) is 18.5 Å². The van der Waals surface area contributed by atoms with E-state index >= 15 is 0 Å². The summed E-state index contributed by atoms with van der Waals surface area (Å²) in [4.78, 5) is 22.0. The molecule has 1 saturated heterocycles. The van der Waals surface area contributed by atoms with Crippen molar-refractivity contribution < 1.29 is 9.90 Å². The number of aryl methyl sites for hydroxylation is 1. The Kier molecular flexibility index (Phi) is 3.90. The summed E-state index contributed by atoms with van der Waals surface area (Å²) in [5, 5.41) is 19.0. The van der Waals surface area contributed by atoms with Gasteiger partial charge in [-0.05, 0) is 19.8 Å². The molecule has 1 aliphatic rings. The Bertz CT molecular complexity index is 657.